The minimum atomic E-state index is -1.04. The first-order valence-electron chi connectivity index (χ1n) is 6.68. The molecule has 0 unspecified atom stereocenters. The number of carbonyl (C=O) groups is 1. The van der Waals surface area contributed by atoms with E-state index in [1.807, 2.05) is 13.8 Å². The fraction of sp³-hybridized carbons (Fsp3) is 0.500. The molecule has 0 spiro atoms. The van der Waals surface area contributed by atoms with Crippen molar-refractivity contribution < 1.29 is 9.90 Å². The van der Waals surface area contributed by atoms with Crippen molar-refractivity contribution in [3.63, 3.8) is 0 Å². The zero-order valence-electron chi connectivity index (χ0n) is 11.8. The number of nitrogens with one attached hydrogen (secondary N) is 2. The Morgan fingerprint density at radius 3 is 2.62 bits per heavy atom. The van der Waals surface area contributed by atoms with E-state index < -0.39 is 17.2 Å². The Balaban J connectivity index is 2.70. The molecule has 21 heavy (non-hydrogen) atoms. The smallest absolute Gasteiger partial charge is 0.330 e. The van der Waals surface area contributed by atoms with Gasteiger partial charge in [0.1, 0.15) is 6.54 Å². The molecule has 2 rings (SSSR count). The second-order valence-electron chi connectivity index (χ2n) is 4.51. The highest BCUT2D eigenvalue weighted by molar-refractivity contribution is 5.76. The fourth-order valence-corrected chi connectivity index (χ4v) is 2.20. The maximum absolute atomic E-state index is 12.0. The minimum absolute atomic E-state index is 0.260. The van der Waals surface area contributed by atoms with E-state index in [9.17, 15) is 14.4 Å². The number of anilines is 1. The highest BCUT2D eigenvalue weighted by atomic mass is 16.4. The van der Waals surface area contributed by atoms with Gasteiger partial charge in [-0.05, 0) is 13.3 Å². The third-order valence-electron chi connectivity index (χ3n) is 3.05. The maximum Gasteiger partial charge on any atom is 0.330 e. The van der Waals surface area contributed by atoms with E-state index in [1.165, 1.54) is 4.57 Å². The summed E-state index contributed by atoms with van der Waals surface area (Å²) in [7, 11) is 0. The fourth-order valence-electron chi connectivity index (χ4n) is 2.20. The monoisotopic (exact) mass is 295 g/mol. The van der Waals surface area contributed by atoms with E-state index in [4.69, 9.17) is 5.11 Å². The summed E-state index contributed by atoms with van der Waals surface area (Å²) in [5, 5.41) is 11.4. The lowest BCUT2D eigenvalue weighted by molar-refractivity contribution is -0.134. The molecule has 2 heterocycles. The molecule has 0 amide bonds. The molecule has 0 fully saturated rings. The molecule has 0 saturated heterocycles. The number of carboxylic acid groups (broad SMARTS) is 1. The highest BCUT2D eigenvalue weighted by Gasteiger charge is 2.17. The quantitative estimate of drug-likeness (QED) is 0.679. The van der Waals surface area contributed by atoms with Gasteiger partial charge in [-0.25, -0.2) is 4.79 Å². The molecule has 0 atom stereocenters. The van der Waals surface area contributed by atoms with Gasteiger partial charge in [-0.2, -0.15) is 4.98 Å². The molecule has 9 nitrogen and oxygen atoms in total. The molecule has 0 bridgehead atoms. The number of aromatic nitrogens is 4. The molecule has 0 aliphatic carbocycles. The van der Waals surface area contributed by atoms with E-state index in [1.54, 1.807) is 4.57 Å². The summed E-state index contributed by atoms with van der Waals surface area (Å²) in [6, 6.07) is 0. The van der Waals surface area contributed by atoms with Crippen LogP contribution in [0, 0.1) is 0 Å². The van der Waals surface area contributed by atoms with E-state index in [2.05, 4.69) is 15.3 Å². The number of imidazole rings is 1. The molecule has 0 saturated carbocycles. The first-order chi connectivity index (χ1) is 9.99. The molecule has 114 valence electrons. The summed E-state index contributed by atoms with van der Waals surface area (Å²) in [5.41, 5.74) is -0.515. The molecule has 0 aliphatic heterocycles. The number of fused-ring (bicyclic) bond motifs is 1. The van der Waals surface area contributed by atoms with Crippen LogP contribution in [-0.4, -0.2) is 36.7 Å². The normalized spacial score (nSPS) is 11.0. The number of aryl methyl sites for hydroxylation is 2. The van der Waals surface area contributed by atoms with Gasteiger partial charge in [0.2, 0.25) is 5.95 Å². The Kier molecular flexibility index (Phi) is 4.10. The number of nitrogens with zero attached hydrogens (tertiary/aromatic N) is 3. The van der Waals surface area contributed by atoms with Gasteiger partial charge in [-0.1, -0.05) is 6.92 Å². The van der Waals surface area contributed by atoms with Crippen LogP contribution in [0.5, 0.6) is 0 Å². The zero-order valence-corrected chi connectivity index (χ0v) is 11.8. The Bertz CT molecular complexity index is 785. The summed E-state index contributed by atoms with van der Waals surface area (Å²) in [4.78, 5) is 41.0. The summed E-state index contributed by atoms with van der Waals surface area (Å²) < 4.78 is 2.94. The van der Waals surface area contributed by atoms with Crippen molar-refractivity contribution in [2.45, 2.75) is 33.4 Å². The number of hydrogen-bond acceptors (Lipinski definition) is 5. The van der Waals surface area contributed by atoms with E-state index >= 15 is 0 Å². The second-order valence-corrected chi connectivity index (χ2v) is 4.51. The Labute approximate surface area is 119 Å². The third kappa shape index (κ3) is 2.67. The lowest BCUT2D eigenvalue weighted by atomic mass is 10.4. The van der Waals surface area contributed by atoms with Crippen molar-refractivity contribution in [1.82, 2.24) is 19.1 Å². The molecule has 0 radical (unpaired) electrons. The van der Waals surface area contributed by atoms with Gasteiger partial charge in [0, 0.05) is 13.1 Å². The molecule has 2 aromatic heterocycles. The average molecular weight is 295 g/mol. The van der Waals surface area contributed by atoms with Crippen LogP contribution in [0.1, 0.15) is 20.3 Å². The topological polar surface area (TPSA) is 122 Å². The van der Waals surface area contributed by atoms with Crippen molar-refractivity contribution in [3.05, 3.63) is 20.8 Å². The number of aromatic amines is 1. The van der Waals surface area contributed by atoms with Gasteiger partial charge in [0.15, 0.2) is 11.2 Å². The van der Waals surface area contributed by atoms with Crippen LogP contribution in [-0.2, 0) is 17.9 Å². The van der Waals surface area contributed by atoms with Crippen LogP contribution in [0.3, 0.4) is 0 Å². The lowest BCUT2D eigenvalue weighted by Gasteiger charge is -2.06. The number of aliphatic carboxylic acids is 1. The third-order valence-corrected chi connectivity index (χ3v) is 3.05. The van der Waals surface area contributed by atoms with Gasteiger partial charge < -0.3 is 15.0 Å². The SMILES string of the molecule is CCCn1c(=O)[nH]c(=O)c2c1nc(NCC(=O)O)n2CC. The number of H-pyrrole nitrogens is 1. The van der Waals surface area contributed by atoms with Gasteiger partial charge in [-0.15, -0.1) is 0 Å². The summed E-state index contributed by atoms with van der Waals surface area (Å²) in [6.45, 7) is 4.24. The number of carboxylic acids is 1. The number of rotatable bonds is 6. The van der Waals surface area contributed by atoms with Crippen molar-refractivity contribution in [2.24, 2.45) is 0 Å². The van der Waals surface area contributed by atoms with Crippen molar-refractivity contribution in [3.8, 4) is 0 Å². The molecule has 3 N–H and O–H groups in total. The molecule has 0 aromatic carbocycles. The van der Waals surface area contributed by atoms with Gasteiger partial charge >= 0.3 is 11.7 Å². The van der Waals surface area contributed by atoms with Gasteiger partial charge in [-0.3, -0.25) is 19.1 Å². The molecule has 2 aromatic rings. The van der Waals surface area contributed by atoms with E-state index in [0.717, 1.165) is 0 Å². The average Bonchev–Trinajstić information content (AvgIpc) is 2.80. The van der Waals surface area contributed by atoms with Crippen LogP contribution in [0.4, 0.5) is 5.95 Å². The Hall–Kier alpha value is -2.58. The van der Waals surface area contributed by atoms with E-state index in [0.29, 0.717) is 19.5 Å². The Morgan fingerprint density at radius 2 is 2.05 bits per heavy atom. The predicted molar refractivity (Wildman–Crippen MR) is 76.7 cm³/mol. The van der Waals surface area contributed by atoms with E-state index in [-0.39, 0.29) is 23.7 Å². The molecular formula is C12H17N5O4. The van der Waals surface area contributed by atoms with Gasteiger partial charge in [0.25, 0.3) is 5.56 Å². The van der Waals surface area contributed by atoms with Crippen molar-refractivity contribution >= 4 is 23.1 Å². The molecule has 0 aliphatic rings. The molecule has 9 heteroatoms. The first-order valence-corrected chi connectivity index (χ1v) is 6.68. The highest BCUT2D eigenvalue weighted by Crippen LogP contribution is 2.15. The van der Waals surface area contributed by atoms with Crippen LogP contribution in [0.25, 0.3) is 11.2 Å². The predicted octanol–water partition coefficient (Wildman–Crippen LogP) is -0.187. The summed E-state index contributed by atoms with van der Waals surface area (Å²) >= 11 is 0. The van der Waals surface area contributed by atoms with Crippen LogP contribution in [0.2, 0.25) is 0 Å². The maximum atomic E-state index is 12.0. The molecular weight excluding hydrogens is 278 g/mol. The largest absolute Gasteiger partial charge is 0.480 e. The minimum Gasteiger partial charge on any atom is -0.480 e. The van der Waals surface area contributed by atoms with Gasteiger partial charge in [0.05, 0.1) is 0 Å². The van der Waals surface area contributed by atoms with Crippen LogP contribution >= 0.6 is 0 Å². The first kappa shape index (κ1) is 14.8. The van der Waals surface area contributed by atoms with Crippen LogP contribution < -0.4 is 16.6 Å². The number of hydrogen-bond donors (Lipinski definition) is 3. The van der Waals surface area contributed by atoms with Crippen LogP contribution in [0.15, 0.2) is 9.59 Å². The Morgan fingerprint density at radius 1 is 1.33 bits per heavy atom. The zero-order chi connectivity index (χ0) is 15.6. The van der Waals surface area contributed by atoms with Crippen molar-refractivity contribution in [2.75, 3.05) is 11.9 Å². The standard InChI is InChI=1S/C12H17N5O4/c1-3-5-17-9-8(10(20)15-12(17)21)16(4-2)11(14-9)13-6-7(18)19/h3-6H2,1-2H3,(H,13,14)(H,18,19)(H,15,20,21). The van der Waals surface area contributed by atoms with Crippen molar-refractivity contribution in [1.29, 1.82) is 0 Å². The second kappa shape index (κ2) is 5.81. The lowest BCUT2D eigenvalue weighted by Crippen LogP contribution is -2.31. The summed E-state index contributed by atoms with van der Waals surface area (Å²) in [6.07, 6.45) is 0.706. The summed E-state index contributed by atoms with van der Waals surface area (Å²) in [5.74, 6) is -0.777.